The first-order valence-electron chi connectivity index (χ1n) is 5.72. The topological polar surface area (TPSA) is 57.6 Å². The summed E-state index contributed by atoms with van der Waals surface area (Å²) in [6.07, 6.45) is 1.57. The van der Waals surface area contributed by atoms with Crippen molar-refractivity contribution in [2.75, 3.05) is 13.2 Å². The van der Waals surface area contributed by atoms with E-state index in [9.17, 15) is 14.7 Å². The van der Waals surface area contributed by atoms with Gasteiger partial charge in [-0.3, -0.25) is 14.5 Å². The maximum atomic E-state index is 12.1. The SMILES string of the molecule is C=CC(C)(CO)CN1C(=O)c2ccccc2C1=O. The summed E-state index contributed by atoms with van der Waals surface area (Å²) in [4.78, 5) is 25.4. The minimum absolute atomic E-state index is 0.138. The van der Waals surface area contributed by atoms with E-state index < -0.39 is 5.41 Å². The number of aliphatic hydroxyl groups excluding tert-OH is 1. The lowest BCUT2D eigenvalue weighted by atomic mass is 9.91. The van der Waals surface area contributed by atoms with E-state index >= 15 is 0 Å². The maximum Gasteiger partial charge on any atom is 0.261 e. The second kappa shape index (κ2) is 4.38. The lowest BCUT2D eigenvalue weighted by Gasteiger charge is -2.27. The summed E-state index contributed by atoms with van der Waals surface area (Å²) >= 11 is 0. The molecule has 18 heavy (non-hydrogen) atoms. The zero-order valence-corrected chi connectivity index (χ0v) is 10.2. The normalized spacial score (nSPS) is 17.6. The van der Waals surface area contributed by atoms with Gasteiger partial charge in [-0.1, -0.05) is 25.1 Å². The molecule has 1 aliphatic rings. The molecule has 1 aromatic carbocycles. The van der Waals surface area contributed by atoms with Crippen molar-refractivity contribution in [3.8, 4) is 0 Å². The van der Waals surface area contributed by atoms with Crippen molar-refractivity contribution in [2.45, 2.75) is 6.92 Å². The monoisotopic (exact) mass is 245 g/mol. The van der Waals surface area contributed by atoms with Gasteiger partial charge >= 0.3 is 0 Å². The Morgan fingerprint density at radius 1 is 1.28 bits per heavy atom. The Morgan fingerprint density at radius 3 is 2.17 bits per heavy atom. The molecule has 0 radical (unpaired) electrons. The summed E-state index contributed by atoms with van der Waals surface area (Å²) in [6, 6.07) is 6.73. The number of amides is 2. The number of fused-ring (bicyclic) bond motifs is 1. The average molecular weight is 245 g/mol. The first-order chi connectivity index (χ1) is 8.52. The van der Waals surface area contributed by atoms with Crippen molar-refractivity contribution >= 4 is 11.8 Å². The van der Waals surface area contributed by atoms with Crippen molar-refractivity contribution in [3.05, 3.63) is 48.0 Å². The number of imide groups is 1. The molecule has 1 unspecified atom stereocenters. The predicted octanol–water partition coefficient (Wildman–Crippen LogP) is 1.47. The second-order valence-electron chi connectivity index (χ2n) is 4.76. The molecule has 94 valence electrons. The van der Waals surface area contributed by atoms with Crippen molar-refractivity contribution in [3.63, 3.8) is 0 Å². The van der Waals surface area contributed by atoms with Crippen LogP contribution in [0.15, 0.2) is 36.9 Å². The van der Waals surface area contributed by atoms with Crippen LogP contribution in [0.25, 0.3) is 0 Å². The molecule has 0 aliphatic carbocycles. The minimum Gasteiger partial charge on any atom is -0.395 e. The summed E-state index contributed by atoms with van der Waals surface area (Å²) in [5.74, 6) is -0.616. The van der Waals surface area contributed by atoms with Gasteiger partial charge < -0.3 is 5.11 Å². The van der Waals surface area contributed by atoms with Gasteiger partial charge in [-0.2, -0.15) is 0 Å². The molecule has 2 amide bonds. The summed E-state index contributed by atoms with van der Waals surface area (Å²) in [7, 11) is 0. The van der Waals surface area contributed by atoms with Crippen LogP contribution < -0.4 is 0 Å². The lowest BCUT2D eigenvalue weighted by Crippen LogP contribution is -2.40. The molecule has 4 heteroatoms. The van der Waals surface area contributed by atoms with Gasteiger partial charge in [-0.05, 0) is 12.1 Å². The number of hydrogen-bond acceptors (Lipinski definition) is 3. The molecule has 0 spiro atoms. The van der Waals surface area contributed by atoms with Gasteiger partial charge in [-0.15, -0.1) is 6.58 Å². The number of rotatable bonds is 4. The molecule has 0 fully saturated rings. The van der Waals surface area contributed by atoms with Gasteiger partial charge in [0.25, 0.3) is 11.8 Å². The van der Waals surface area contributed by atoms with E-state index in [1.807, 2.05) is 0 Å². The van der Waals surface area contributed by atoms with Crippen LogP contribution in [0.2, 0.25) is 0 Å². The van der Waals surface area contributed by atoms with Gasteiger partial charge in [0.1, 0.15) is 0 Å². The van der Waals surface area contributed by atoms with Crippen LogP contribution in [0, 0.1) is 5.41 Å². The highest BCUT2D eigenvalue weighted by molar-refractivity contribution is 6.21. The highest BCUT2D eigenvalue weighted by Gasteiger charge is 2.38. The van der Waals surface area contributed by atoms with Gasteiger partial charge in [0.15, 0.2) is 0 Å². The molecule has 1 aliphatic heterocycles. The quantitative estimate of drug-likeness (QED) is 0.645. The lowest BCUT2D eigenvalue weighted by molar-refractivity contribution is 0.0564. The highest BCUT2D eigenvalue weighted by atomic mass is 16.3. The van der Waals surface area contributed by atoms with E-state index in [4.69, 9.17) is 0 Å². The number of aliphatic hydroxyl groups is 1. The van der Waals surface area contributed by atoms with Crippen molar-refractivity contribution in [2.24, 2.45) is 5.41 Å². The van der Waals surface area contributed by atoms with Gasteiger partial charge in [0.2, 0.25) is 0 Å². The number of carbonyl (C=O) groups is 2. The number of benzene rings is 1. The molecule has 0 saturated heterocycles. The number of hydrogen-bond donors (Lipinski definition) is 1. The van der Waals surface area contributed by atoms with Crippen LogP contribution in [0.1, 0.15) is 27.6 Å². The summed E-state index contributed by atoms with van der Waals surface area (Å²) < 4.78 is 0. The molecular formula is C14H15NO3. The molecule has 0 aromatic heterocycles. The van der Waals surface area contributed by atoms with E-state index in [2.05, 4.69) is 6.58 Å². The Kier molecular flexibility index (Phi) is 3.05. The Labute approximate surface area is 106 Å². The van der Waals surface area contributed by atoms with Crippen LogP contribution in [0.5, 0.6) is 0 Å². The molecule has 1 aromatic rings. The molecule has 0 bridgehead atoms. The Bertz CT molecular complexity index is 489. The standard InChI is InChI=1S/C14H15NO3/c1-3-14(2,9-16)8-15-12(17)10-6-4-5-7-11(10)13(15)18/h3-7,16H,1,8-9H2,2H3. The third-order valence-electron chi connectivity index (χ3n) is 3.25. The largest absolute Gasteiger partial charge is 0.395 e. The fourth-order valence-electron chi connectivity index (χ4n) is 1.92. The van der Waals surface area contributed by atoms with Crippen LogP contribution in [-0.4, -0.2) is 35.0 Å². The van der Waals surface area contributed by atoms with E-state index in [1.54, 1.807) is 37.3 Å². The van der Waals surface area contributed by atoms with Crippen LogP contribution in [0.4, 0.5) is 0 Å². The number of nitrogens with zero attached hydrogens (tertiary/aromatic N) is 1. The predicted molar refractivity (Wildman–Crippen MR) is 67.2 cm³/mol. The molecule has 4 nitrogen and oxygen atoms in total. The average Bonchev–Trinajstić information content (AvgIpc) is 2.64. The van der Waals surface area contributed by atoms with E-state index in [0.29, 0.717) is 11.1 Å². The third kappa shape index (κ3) is 1.84. The molecular weight excluding hydrogens is 230 g/mol. The zero-order valence-electron chi connectivity index (χ0n) is 10.2. The molecule has 0 saturated carbocycles. The molecule has 1 heterocycles. The van der Waals surface area contributed by atoms with Gasteiger partial charge in [0, 0.05) is 12.0 Å². The summed E-state index contributed by atoms with van der Waals surface area (Å²) in [5.41, 5.74) is 0.173. The molecule has 1 atom stereocenters. The Hall–Kier alpha value is -1.94. The minimum atomic E-state index is -0.673. The Balaban J connectivity index is 2.32. The smallest absolute Gasteiger partial charge is 0.261 e. The second-order valence-corrected chi connectivity index (χ2v) is 4.76. The third-order valence-corrected chi connectivity index (χ3v) is 3.25. The van der Waals surface area contributed by atoms with Crippen LogP contribution in [0.3, 0.4) is 0 Å². The first kappa shape index (κ1) is 12.5. The van der Waals surface area contributed by atoms with Crippen molar-refractivity contribution in [1.29, 1.82) is 0 Å². The van der Waals surface area contributed by atoms with E-state index in [-0.39, 0.29) is 25.0 Å². The molecule has 2 rings (SSSR count). The summed E-state index contributed by atoms with van der Waals surface area (Å²) in [5, 5.41) is 9.31. The Morgan fingerprint density at radius 2 is 1.78 bits per heavy atom. The van der Waals surface area contributed by atoms with Crippen molar-refractivity contribution < 1.29 is 14.7 Å². The van der Waals surface area contributed by atoms with Gasteiger partial charge in [-0.25, -0.2) is 0 Å². The van der Waals surface area contributed by atoms with Crippen LogP contribution in [-0.2, 0) is 0 Å². The highest BCUT2D eigenvalue weighted by Crippen LogP contribution is 2.27. The first-order valence-corrected chi connectivity index (χ1v) is 5.72. The maximum absolute atomic E-state index is 12.1. The number of carbonyl (C=O) groups excluding carboxylic acids is 2. The van der Waals surface area contributed by atoms with Gasteiger partial charge in [0.05, 0.1) is 17.7 Å². The fraction of sp³-hybridized carbons (Fsp3) is 0.286. The van der Waals surface area contributed by atoms with E-state index in [0.717, 1.165) is 0 Å². The van der Waals surface area contributed by atoms with Crippen molar-refractivity contribution in [1.82, 2.24) is 4.90 Å². The molecule has 1 N–H and O–H groups in total. The summed E-state index contributed by atoms with van der Waals surface area (Å²) in [6.45, 7) is 5.36. The van der Waals surface area contributed by atoms with E-state index in [1.165, 1.54) is 4.90 Å². The zero-order chi connectivity index (χ0) is 13.3. The van der Waals surface area contributed by atoms with Crippen LogP contribution >= 0.6 is 0 Å². The fourth-order valence-corrected chi connectivity index (χ4v) is 1.92.